The van der Waals surface area contributed by atoms with Crippen LogP contribution < -0.4 is 25.0 Å². The molecule has 6 rings (SSSR count). The summed E-state index contributed by atoms with van der Waals surface area (Å²) in [7, 11) is 5.97. The minimum absolute atomic E-state index is 0.0302. The molecule has 2 unspecified atom stereocenters. The number of fused-ring (bicyclic) bond motifs is 2. The van der Waals surface area contributed by atoms with E-state index >= 15 is 0 Å². The summed E-state index contributed by atoms with van der Waals surface area (Å²) in [6.07, 6.45) is 6.49. The summed E-state index contributed by atoms with van der Waals surface area (Å²) >= 11 is 0. The van der Waals surface area contributed by atoms with Crippen molar-refractivity contribution in [3.8, 4) is 11.5 Å². The van der Waals surface area contributed by atoms with Crippen LogP contribution in [-0.2, 0) is 37.8 Å². The van der Waals surface area contributed by atoms with Gasteiger partial charge in [-0.25, -0.2) is 19.5 Å². The Balaban J connectivity index is 1.13. The number of ether oxygens (including phenoxy) is 6. The first-order valence-electron chi connectivity index (χ1n) is 18.4. The number of rotatable bonds is 14. The molecule has 1 aromatic carbocycles. The van der Waals surface area contributed by atoms with E-state index in [4.69, 9.17) is 28.4 Å². The van der Waals surface area contributed by atoms with E-state index in [1.165, 1.54) is 46.6 Å². The van der Waals surface area contributed by atoms with Gasteiger partial charge in [-0.2, -0.15) is 0 Å². The summed E-state index contributed by atoms with van der Waals surface area (Å²) in [5.41, 5.74) is 1.08. The second kappa shape index (κ2) is 17.7. The van der Waals surface area contributed by atoms with Crippen molar-refractivity contribution in [2.45, 2.75) is 63.5 Å². The van der Waals surface area contributed by atoms with Gasteiger partial charge in [0.05, 0.1) is 43.8 Å². The fourth-order valence-electron chi connectivity index (χ4n) is 7.01. The maximum atomic E-state index is 14.0. The van der Waals surface area contributed by atoms with Crippen molar-refractivity contribution in [2.24, 2.45) is 14.1 Å². The molecule has 2 fully saturated rings. The first-order valence-corrected chi connectivity index (χ1v) is 18.4. The van der Waals surface area contributed by atoms with Crippen LogP contribution in [0.3, 0.4) is 0 Å². The molecule has 4 amide bonds. The van der Waals surface area contributed by atoms with Gasteiger partial charge in [-0.1, -0.05) is 12.7 Å². The average molecular weight is 778 g/mol. The molecule has 2 aromatic heterocycles. The lowest BCUT2D eigenvalue weighted by Gasteiger charge is -2.38. The molecule has 3 aromatic rings. The Hall–Kier alpha value is -5.88. The lowest BCUT2D eigenvalue weighted by molar-refractivity contribution is -0.195. The van der Waals surface area contributed by atoms with Crippen LogP contribution in [0.1, 0.15) is 76.4 Å². The summed E-state index contributed by atoms with van der Waals surface area (Å²) in [4.78, 5) is 73.0. The number of aryl methyl sites for hydroxylation is 2. The first-order chi connectivity index (χ1) is 27.0. The van der Waals surface area contributed by atoms with Gasteiger partial charge in [-0.15, -0.1) is 0 Å². The molecule has 3 atom stereocenters. The van der Waals surface area contributed by atoms with Crippen molar-refractivity contribution in [2.75, 3.05) is 56.1 Å². The second-order valence-electron chi connectivity index (χ2n) is 13.5. The number of carbonyl (C=O) groups is 5. The molecular weight excluding hydrogens is 730 g/mol. The van der Waals surface area contributed by atoms with Gasteiger partial charge in [0.15, 0.2) is 29.8 Å². The molecule has 18 nitrogen and oxygen atoms in total. The maximum Gasteiger partial charge on any atom is 0.416 e. The van der Waals surface area contributed by atoms with E-state index in [0.717, 1.165) is 19.3 Å². The standard InChI is InChI=1S/C38H47N7O11/c1-6-15-55-38(50)45-26-20-29(28(51-4)19-24(26)35(48)44-14-9-11-25(44)36(45)56-32-13-7-8-16-54-32)53-17-10-12-31(46)40-30-22-43(3)33(41-30)34(47)39-23-18-27(37(49)52-5)42(2)21-23/h6,18-22,25,32,36H,1,7-17H2,2-5H3,(H,39,47)(H,40,46)/t25-,32?,36?/m0/s1. The fraction of sp³-hybridized carbons (Fsp3) is 0.474. The topological polar surface area (TPSA) is 194 Å². The van der Waals surface area contributed by atoms with E-state index in [1.54, 1.807) is 37.3 Å². The van der Waals surface area contributed by atoms with Crippen molar-refractivity contribution in [3.63, 3.8) is 0 Å². The van der Waals surface area contributed by atoms with Gasteiger partial charge in [0.2, 0.25) is 11.7 Å². The largest absolute Gasteiger partial charge is 0.493 e. The van der Waals surface area contributed by atoms with Gasteiger partial charge < -0.3 is 53.1 Å². The number of anilines is 3. The van der Waals surface area contributed by atoms with Crippen molar-refractivity contribution >= 4 is 47.0 Å². The monoisotopic (exact) mass is 777 g/mol. The molecule has 0 radical (unpaired) electrons. The zero-order valence-corrected chi connectivity index (χ0v) is 31.9. The number of nitrogens with one attached hydrogen (secondary N) is 2. The molecule has 3 aliphatic rings. The van der Waals surface area contributed by atoms with Gasteiger partial charge in [-0.3, -0.25) is 14.4 Å². The summed E-state index contributed by atoms with van der Waals surface area (Å²) in [6, 6.07) is 4.15. The Morgan fingerprint density at radius 2 is 1.84 bits per heavy atom. The van der Waals surface area contributed by atoms with Gasteiger partial charge in [0.1, 0.15) is 12.3 Å². The van der Waals surface area contributed by atoms with Crippen LogP contribution >= 0.6 is 0 Å². The fourth-order valence-corrected chi connectivity index (χ4v) is 7.01. The molecule has 0 bridgehead atoms. The third-order valence-corrected chi connectivity index (χ3v) is 9.68. The van der Waals surface area contributed by atoms with Crippen LogP contribution in [0.15, 0.2) is 43.2 Å². The Labute approximate surface area is 323 Å². The van der Waals surface area contributed by atoms with Crippen molar-refractivity contribution in [1.29, 1.82) is 0 Å². The van der Waals surface area contributed by atoms with E-state index < -0.39 is 36.5 Å². The predicted molar refractivity (Wildman–Crippen MR) is 201 cm³/mol. The number of carbonyl (C=O) groups excluding carboxylic acids is 5. The predicted octanol–water partition coefficient (Wildman–Crippen LogP) is 4.22. The number of aromatic nitrogens is 3. The molecule has 56 heavy (non-hydrogen) atoms. The summed E-state index contributed by atoms with van der Waals surface area (Å²) < 4.78 is 37.4. The molecule has 0 saturated carbocycles. The maximum absolute atomic E-state index is 14.0. The molecule has 18 heteroatoms. The van der Waals surface area contributed by atoms with E-state index in [0.29, 0.717) is 31.7 Å². The molecule has 5 heterocycles. The molecule has 2 N–H and O–H groups in total. The molecule has 0 aliphatic carbocycles. The molecular formula is C38H47N7O11. The third-order valence-electron chi connectivity index (χ3n) is 9.68. The van der Waals surface area contributed by atoms with Gasteiger partial charge >= 0.3 is 12.1 Å². The SMILES string of the molecule is C=CCOC(=O)N1c2cc(OCCCC(=O)Nc3cn(C)c(C(=O)Nc4cc(C(=O)OC)n(C)c4)n3)c(OC)cc2C(=O)N2CCC[C@H]2C1OC1CCCCO1. The third kappa shape index (κ3) is 8.65. The molecule has 2 saturated heterocycles. The van der Waals surface area contributed by atoms with E-state index in [9.17, 15) is 24.0 Å². The first kappa shape index (κ1) is 39.8. The number of hydrogen-bond donors (Lipinski definition) is 2. The van der Waals surface area contributed by atoms with Crippen molar-refractivity contribution < 1.29 is 52.4 Å². The highest BCUT2D eigenvalue weighted by Gasteiger charge is 2.48. The Bertz CT molecular complexity index is 1970. The highest BCUT2D eigenvalue weighted by Crippen LogP contribution is 2.42. The van der Waals surface area contributed by atoms with Crippen LogP contribution in [0.25, 0.3) is 0 Å². The smallest absolute Gasteiger partial charge is 0.416 e. The second-order valence-corrected chi connectivity index (χ2v) is 13.5. The lowest BCUT2D eigenvalue weighted by Crippen LogP contribution is -2.54. The Kier molecular flexibility index (Phi) is 12.6. The number of imidazole rings is 1. The van der Waals surface area contributed by atoms with Crippen LogP contribution in [0.4, 0.5) is 22.0 Å². The normalized spacial score (nSPS) is 19.0. The van der Waals surface area contributed by atoms with Gasteiger partial charge in [-0.05, 0) is 50.7 Å². The van der Waals surface area contributed by atoms with E-state index in [1.807, 2.05) is 0 Å². The summed E-state index contributed by atoms with van der Waals surface area (Å²) in [6.45, 7) is 4.70. The number of methoxy groups -OCH3 is 2. The number of esters is 1. The average Bonchev–Trinajstić information content (AvgIpc) is 3.91. The lowest BCUT2D eigenvalue weighted by atomic mass is 10.1. The van der Waals surface area contributed by atoms with Crippen LogP contribution in [0, 0.1) is 0 Å². The highest BCUT2D eigenvalue weighted by atomic mass is 16.7. The van der Waals surface area contributed by atoms with Gasteiger partial charge in [0, 0.05) is 52.1 Å². The minimum Gasteiger partial charge on any atom is -0.493 e. The summed E-state index contributed by atoms with van der Waals surface area (Å²) in [5, 5.41) is 5.39. The van der Waals surface area contributed by atoms with Crippen LogP contribution in [-0.4, -0.2) is 108 Å². The van der Waals surface area contributed by atoms with Crippen molar-refractivity contribution in [3.05, 3.63) is 60.3 Å². The quantitative estimate of drug-likeness (QED) is 0.135. The minimum atomic E-state index is -0.899. The number of amides is 4. The molecule has 0 spiro atoms. The van der Waals surface area contributed by atoms with Crippen molar-refractivity contribution in [1.82, 2.24) is 19.0 Å². The zero-order valence-electron chi connectivity index (χ0n) is 31.9. The number of hydrogen-bond acceptors (Lipinski definition) is 12. The van der Waals surface area contributed by atoms with E-state index in [-0.39, 0.29) is 78.0 Å². The highest BCUT2D eigenvalue weighted by molar-refractivity contribution is 6.06. The number of benzene rings is 1. The van der Waals surface area contributed by atoms with Crippen LogP contribution in [0.5, 0.6) is 11.5 Å². The number of nitrogens with zero attached hydrogens (tertiary/aromatic N) is 5. The Morgan fingerprint density at radius 3 is 2.57 bits per heavy atom. The molecule has 300 valence electrons. The Morgan fingerprint density at radius 1 is 1.02 bits per heavy atom. The molecule has 3 aliphatic heterocycles. The summed E-state index contributed by atoms with van der Waals surface area (Å²) in [5.74, 6) is -1.03. The van der Waals surface area contributed by atoms with Crippen LogP contribution in [0.2, 0.25) is 0 Å². The van der Waals surface area contributed by atoms with E-state index in [2.05, 4.69) is 22.2 Å². The van der Waals surface area contributed by atoms with Gasteiger partial charge in [0.25, 0.3) is 11.8 Å². The zero-order chi connectivity index (χ0) is 39.9.